The van der Waals surface area contributed by atoms with Crippen LogP contribution in [0.5, 0.6) is 5.75 Å². The van der Waals surface area contributed by atoms with E-state index in [2.05, 4.69) is 22.4 Å². The van der Waals surface area contributed by atoms with Crippen molar-refractivity contribution in [2.24, 2.45) is 12.8 Å². The first-order valence-electron chi connectivity index (χ1n) is 8.23. The molecule has 0 aliphatic heterocycles. The highest BCUT2D eigenvalue weighted by molar-refractivity contribution is 7.99. The van der Waals surface area contributed by atoms with Crippen LogP contribution in [-0.4, -0.2) is 38.4 Å². The van der Waals surface area contributed by atoms with Crippen molar-refractivity contribution >= 4 is 23.6 Å². The number of carbonyl (C=O) groups is 2. The highest BCUT2D eigenvalue weighted by Gasteiger charge is 2.16. The van der Waals surface area contributed by atoms with E-state index in [1.54, 1.807) is 18.5 Å². The van der Waals surface area contributed by atoms with E-state index in [1.165, 1.54) is 17.3 Å². The number of benzene rings is 1. The van der Waals surface area contributed by atoms with E-state index >= 15 is 0 Å². The van der Waals surface area contributed by atoms with Crippen LogP contribution in [0.15, 0.2) is 29.4 Å². The Labute approximate surface area is 156 Å². The zero-order valence-electron chi connectivity index (χ0n) is 15.1. The smallest absolute Gasteiger partial charge is 0.261 e. The van der Waals surface area contributed by atoms with Crippen LogP contribution in [0.25, 0.3) is 0 Å². The molecular weight excluding hydrogens is 354 g/mol. The zero-order chi connectivity index (χ0) is 19.1. The van der Waals surface area contributed by atoms with Gasteiger partial charge in [0.25, 0.3) is 5.91 Å². The normalized spacial score (nSPS) is 11.8. The van der Waals surface area contributed by atoms with Crippen LogP contribution in [-0.2, 0) is 29.6 Å². The van der Waals surface area contributed by atoms with Crippen LogP contribution in [0, 0.1) is 0 Å². The Kier molecular flexibility index (Phi) is 7.02. The highest BCUT2D eigenvalue weighted by atomic mass is 32.2. The topological polar surface area (TPSA) is 112 Å². The number of nitrogens with two attached hydrogens (primary N) is 1. The Morgan fingerprint density at radius 3 is 2.62 bits per heavy atom. The lowest BCUT2D eigenvalue weighted by Crippen LogP contribution is -2.36. The predicted molar refractivity (Wildman–Crippen MR) is 98.7 cm³/mol. The molecule has 1 heterocycles. The number of primary amides is 1. The number of carbonyl (C=O) groups excluding carboxylic acids is 2. The molecule has 0 spiro atoms. The number of hydrogen-bond donors (Lipinski definition) is 2. The molecule has 0 unspecified atom stereocenters. The largest absolute Gasteiger partial charge is 0.481 e. The molecule has 2 amide bonds. The number of nitrogens with one attached hydrogen (secondary N) is 1. The number of hydrogen-bond acceptors (Lipinski definition) is 6. The second-order valence-electron chi connectivity index (χ2n) is 5.69. The maximum absolute atomic E-state index is 12.2. The lowest BCUT2D eigenvalue weighted by molar-refractivity contribution is -0.127. The van der Waals surface area contributed by atoms with Crippen LogP contribution < -0.4 is 15.8 Å². The fourth-order valence-corrected chi connectivity index (χ4v) is 2.80. The number of rotatable bonds is 9. The maximum Gasteiger partial charge on any atom is 0.261 e. The third-order valence-corrected chi connectivity index (χ3v) is 4.75. The Bertz CT molecular complexity index is 760. The first-order chi connectivity index (χ1) is 12.4. The molecule has 0 aliphatic rings. The Morgan fingerprint density at radius 2 is 2.00 bits per heavy atom. The summed E-state index contributed by atoms with van der Waals surface area (Å²) in [5.74, 6) is 0.670. The molecular formula is C17H23N5O3S. The summed E-state index contributed by atoms with van der Waals surface area (Å²) in [5.41, 5.74) is 6.33. The molecule has 0 saturated carbocycles. The van der Waals surface area contributed by atoms with Gasteiger partial charge >= 0.3 is 0 Å². The summed E-state index contributed by atoms with van der Waals surface area (Å²) in [7, 11) is 1.76. The summed E-state index contributed by atoms with van der Waals surface area (Å²) >= 11 is 1.20. The summed E-state index contributed by atoms with van der Waals surface area (Å²) in [6.07, 6.45) is 0.313. The van der Waals surface area contributed by atoms with Gasteiger partial charge in [-0.25, -0.2) is 0 Å². The molecule has 26 heavy (non-hydrogen) atoms. The van der Waals surface area contributed by atoms with E-state index in [-0.39, 0.29) is 18.2 Å². The van der Waals surface area contributed by atoms with Gasteiger partial charge in [0, 0.05) is 7.05 Å². The summed E-state index contributed by atoms with van der Waals surface area (Å²) in [6, 6.07) is 7.66. The number of aromatic nitrogens is 3. The van der Waals surface area contributed by atoms with Gasteiger partial charge in [0.05, 0.1) is 12.3 Å². The Morgan fingerprint density at radius 1 is 1.31 bits per heavy atom. The van der Waals surface area contributed by atoms with E-state index in [9.17, 15) is 9.59 Å². The van der Waals surface area contributed by atoms with Crippen molar-refractivity contribution in [1.82, 2.24) is 20.1 Å². The van der Waals surface area contributed by atoms with Gasteiger partial charge in [-0.3, -0.25) is 9.59 Å². The molecule has 2 aromatic rings. The van der Waals surface area contributed by atoms with Gasteiger partial charge in [0.15, 0.2) is 17.1 Å². The van der Waals surface area contributed by atoms with Gasteiger partial charge in [-0.2, -0.15) is 0 Å². The first-order valence-corrected chi connectivity index (χ1v) is 9.22. The van der Waals surface area contributed by atoms with Gasteiger partial charge in [0.2, 0.25) is 5.91 Å². The molecule has 0 aliphatic carbocycles. The summed E-state index contributed by atoms with van der Waals surface area (Å²) in [6.45, 7) is 3.98. The predicted octanol–water partition coefficient (Wildman–Crippen LogP) is 1.04. The lowest BCUT2D eigenvalue weighted by atomic mass is 10.2. The molecule has 3 N–H and O–H groups in total. The molecule has 0 fully saturated rings. The van der Waals surface area contributed by atoms with Crippen molar-refractivity contribution < 1.29 is 14.3 Å². The minimum absolute atomic E-state index is 0.125. The van der Waals surface area contributed by atoms with Gasteiger partial charge in [-0.15, -0.1) is 10.2 Å². The van der Waals surface area contributed by atoms with Crippen molar-refractivity contribution in [2.75, 3.05) is 5.75 Å². The van der Waals surface area contributed by atoms with Crippen molar-refractivity contribution in [3.63, 3.8) is 0 Å². The van der Waals surface area contributed by atoms with E-state index in [4.69, 9.17) is 10.5 Å². The Hall–Kier alpha value is -2.55. The average molecular weight is 377 g/mol. The number of nitrogens with zero attached hydrogens (tertiary/aromatic N) is 3. The minimum atomic E-state index is -0.639. The fraction of sp³-hybridized carbons (Fsp3) is 0.412. The van der Waals surface area contributed by atoms with E-state index in [0.29, 0.717) is 16.7 Å². The SMILES string of the molecule is CCc1ccc(O[C@H](C)C(=O)NCc2nnc(SCC(N)=O)n2C)cc1. The molecule has 140 valence electrons. The molecule has 8 nitrogen and oxygen atoms in total. The van der Waals surface area contributed by atoms with Crippen molar-refractivity contribution in [3.05, 3.63) is 35.7 Å². The van der Waals surface area contributed by atoms with Crippen LogP contribution >= 0.6 is 11.8 Å². The van der Waals surface area contributed by atoms with Crippen molar-refractivity contribution in [3.8, 4) is 5.75 Å². The number of thioether (sulfide) groups is 1. The second kappa shape index (κ2) is 9.23. The highest BCUT2D eigenvalue weighted by Crippen LogP contribution is 2.16. The third-order valence-electron chi connectivity index (χ3n) is 3.70. The van der Waals surface area contributed by atoms with Crippen LogP contribution in [0.3, 0.4) is 0 Å². The van der Waals surface area contributed by atoms with E-state index in [1.807, 2.05) is 24.3 Å². The van der Waals surface area contributed by atoms with Crippen LogP contribution in [0.1, 0.15) is 25.2 Å². The molecule has 1 aromatic heterocycles. The van der Waals surface area contributed by atoms with E-state index < -0.39 is 12.0 Å². The first kappa shape index (κ1) is 19.8. The number of ether oxygens (including phenoxy) is 1. The molecule has 0 bridgehead atoms. The molecule has 9 heteroatoms. The maximum atomic E-state index is 12.2. The van der Waals surface area contributed by atoms with Crippen molar-refractivity contribution in [1.29, 1.82) is 0 Å². The quantitative estimate of drug-likeness (QED) is 0.632. The average Bonchev–Trinajstić information content (AvgIpc) is 2.98. The molecule has 1 aromatic carbocycles. The monoisotopic (exact) mass is 377 g/mol. The van der Waals surface area contributed by atoms with Gasteiger partial charge in [-0.1, -0.05) is 30.8 Å². The van der Waals surface area contributed by atoms with Crippen LogP contribution in [0.2, 0.25) is 0 Å². The lowest BCUT2D eigenvalue weighted by Gasteiger charge is -2.15. The van der Waals surface area contributed by atoms with Gasteiger partial charge < -0.3 is 20.4 Å². The second-order valence-corrected chi connectivity index (χ2v) is 6.63. The molecule has 1 atom stereocenters. The fourth-order valence-electron chi connectivity index (χ4n) is 2.13. The summed E-state index contributed by atoms with van der Waals surface area (Å²) < 4.78 is 7.37. The zero-order valence-corrected chi connectivity index (χ0v) is 15.9. The molecule has 0 radical (unpaired) electrons. The standard InChI is InChI=1S/C17H23N5O3S/c1-4-12-5-7-13(8-6-12)25-11(2)16(24)19-9-15-20-21-17(22(15)3)26-10-14(18)23/h5-8,11H,4,9-10H2,1-3H3,(H2,18,23)(H,19,24)/t11-/m1/s1. The summed E-state index contributed by atoms with van der Waals surface area (Å²) in [4.78, 5) is 23.1. The minimum Gasteiger partial charge on any atom is -0.481 e. The molecule has 2 rings (SSSR count). The Balaban J connectivity index is 1.86. The van der Waals surface area contributed by atoms with Gasteiger partial charge in [0.1, 0.15) is 5.75 Å². The van der Waals surface area contributed by atoms with Crippen molar-refractivity contribution in [2.45, 2.75) is 38.1 Å². The number of aryl methyl sites for hydroxylation is 1. The third kappa shape index (κ3) is 5.48. The number of amides is 2. The van der Waals surface area contributed by atoms with Crippen LogP contribution in [0.4, 0.5) is 0 Å². The molecule has 0 saturated heterocycles. The van der Waals surface area contributed by atoms with E-state index in [0.717, 1.165) is 6.42 Å². The van der Waals surface area contributed by atoms with Gasteiger partial charge in [-0.05, 0) is 31.0 Å². The summed E-state index contributed by atoms with van der Waals surface area (Å²) in [5, 5.41) is 11.3.